The topological polar surface area (TPSA) is 20.9 Å². The Balaban J connectivity index is 1.98. The summed E-state index contributed by atoms with van der Waals surface area (Å²) < 4.78 is 15.5. The average Bonchev–Trinajstić information content (AvgIpc) is 2.48. The molecule has 0 spiro atoms. The van der Waals surface area contributed by atoms with Crippen LogP contribution in [0.3, 0.4) is 0 Å². The second kappa shape index (κ2) is 5.21. The number of para-hydroxylation sites is 1. The maximum absolute atomic E-state index is 13.6. The lowest BCUT2D eigenvalue weighted by atomic mass is 10.1. The lowest BCUT2D eigenvalue weighted by Gasteiger charge is -2.02. The minimum Gasteiger partial charge on any atom is -0.287 e. The van der Waals surface area contributed by atoms with Crippen molar-refractivity contribution in [2.75, 3.05) is 0 Å². The summed E-state index contributed by atoms with van der Waals surface area (Å²) >= 11 is 0. The van der Waals surface area contributed by atoms with Crippen LogP contribution in [0.2, 0.25) is 0 Å². The number of aromatic nitrogens is 1. The van der Waals surface area contributed by atoms with Crippen LogP contribution in [-0.2, 0) is 6.54 Å². The standard InChI is InChI=1S/C17H13FNO/c18-15-9-3-2-8-14(15)17(20)12-19-11-5-7-13-6-1-4-10-16(13)19/h1-11H,12H2/q+1. The molecular weight excluding hydrogens is 253 g/mol. The van der Waals surface area contributed by atoms with Gasteiger partial charge in [0.05, 0.1) is 5.56 Å². The van der Waals surface area contributed by atoms with E-state index < -0.39 is 5.82 Å². The van der Waals surface area contributed by atoms with Crippen molar-refractivity contribution in [2.24, 2.45) is 0 Å². The molecule has 2 aromatic carbocycles. The van der Waals surface area contributed by atoms with Crippen molar-refractivity contribution in [3.63, 3.8) is 0 Å². The monoisotopic (exact) mass is 266 g/mol. The zero-order valence-corrected chi connectivity index (χ0v) is 10.8. The zero-order chi connectivity index (χ0) is 13.9. The lowest BCUT2D eigenvalue weighted by Crippen LogP contribution is -2.38. The highest BCUT2D eigenvalue weighted by Crippen LogP contribution is 2.10. The van der Waals surface area contributed by atoms with Crippen LogP contribution < -0.4 is 4.57 Å². The van der Waals surface area contributed by atoms with E-state index in [1.165, 1.54) is 12.1 Å². The summed E-state index contributed by atoms with van der Waals surface area (Å²) in [5.74, 6) is -0.706. The Hall–Kier alpha value is -2.55. The minimum absolute atomic E-state index is 0.127. The predicted molar refractivity (Wildman–Crippen MR) is 74.9 cm³/mol. The first kappa shape index (κ1) is 12.5. The van der Waals surface area contributed by atoms with E-state index in [4.69, 9.17) is 0 Å². The van der Waals surface area contributed by atoms with Crippen molar-refractivity contribution in [3.05, 3.63) is 78.2 Å². The van der Waals surface area contributed by atoms with Gasteiger partial charge in [0.15, 0.2) is 6.20 Å². The van der Waals surface area contributed by atoms with Gasteiger partial charge in [-0.2, -0.15) is 4.57 Å². The number of ketones is 1. The van der Waals surface area contributed by atoms with E-state index in [1.54, 1.807) is 12.1 Å². The van der Waals surface area contributed by atoms with Gasteiger partial charge in [-0.1, -0.05) is 24.3 Å². The van der Waals surface area contributed by atoms with Gasteiger partial charge < -0.3 is 0 Å². The molecule has 0 radical (unpaired) electrons. The number of Topliss-reactive ketones (excluding diaryl/α,β-unsaturated/α-hetero) is 1. The highest BCUT2D eigenvalue weighted by atomic mass is 19.1. The Morgan fingerprint density at radius 2 is 1.65 bits per heavy atom. The van der Waals surface area contributed by atoms with Crippen molar-refractivity contribution in [1.82, 2.24) is 0 Å². The Kier molecular flexibility index (Phi) is 3.25. The maximum Gasteiger partial charge on any atom is 0.230 e. The number of hydrogen-bond donors (Lipinski definition) is 0. The third-order valence-corrected chi connectivity index (χ3v) is 3.28. The molecule has 1 heterocycles. The molecule has 0 N–H and O–H groups in total. The van der Waals surface area contributed by atoms with Crippen LogP contribution in [0.15, 0.2) is 66.9 Å². The molecule has 0 bridgehead atoms. The highest BCUT2D eigenvalue weighted by molar-refractivity contribution is 5.95. The van der Waals surface area contributed by atoms with Crippen molar-refractivity contribution in [3.8, 4) is 0 Å². The van der Waals surface area contributed by atoms with Gasteiger partial charge in [0.25, 0.3) is 0 Å². The third-order valence-electron chi connectivity index (χ3n) is 3.28. The van der Waals surface area contributed by atoms with Gasteiger partial charge >= 0.3 is 0 Å². The molecule has 0 saturated carbocycles. The van der Waals surface area contributed by atoms with Gasteiger partial charge in [-0.05, 0) is 24.3 Å². The Morgan fingerprint density at radius 3 is 2.50 bits per heavy atom. The quantitative estimate of drug-likeness (QED) is 0.527. The summed E-state index contributed by atoms with van der Waals surface area (Å²) in [6.45, 7) is 0.127. The fraction of sp³-hybridized carbons (Fsp3) is 0.0588. The molecule has 3 aromatic rings. The SMILES string of the molecule is O=C(C[n+]1cccc2ccccc21)c1ccccc1F. The van der Waals surface area contributed by atoms with Crippen molar-refractivity contribution < 1.29 is 13.8 Å². The predicted octanol–water partition coefficient (Wildman–Crippen LogP) is 3.15. The van der Waals surface area contributed by atoms with Crippen molar-refractivity contribution in [2.45, 2.75) is 6.54 Å². The first-order valence-corrected chi connectivity index (χ1v) is 6.40. The van der Waals surface area contributed by atoms with Crippen LogP contribution >= 0.6 is 0 Å². The van der Waals surface area contributed by atoms with E-state index in [0.717, 1.165) is 10.9 Å². The number of rotatable bonds is 3. The number of benzene rings is 2. The van der Waals surface area contributed by atoms with E-state index in [0.29, 0.717) is 0 Å². The van der Waals surface area contributed by atoms with Gasteiger partial charge in [0.1, 0.15) is 5.82 Å². The summed E-state index contributed by atoms with van der Waals surface area (Å²) in [5.41, 5.74) is 1.09. The van der Waals surface area contributed by atoms with Crippen LogP contribution in [0, 0.1) is 5.82 Å². The molecule has 3 heteroatoms. The number of nitrogens with zero attached hydrogens (tertiary/aromatic N) is 1. The molecule has 1 aromatic heterocycles. The second-order valence-corrected chi connectivity index (χ2v) is 4.60. The zero-order valence-electron chi connectivity index (χ0n) is 10.8. The highest BCUT2D eigenvalue weighted by Gasteiger charge is 2.17. The van der Waals surface area contributed by atoms with Gasteiger partial charge in [0.2, 0.25) is 17.8 Å². The van der Waals surface area contributed by atoms with Crippen LogP contribution in [0.25, 0.3) is 10.9 Å². The Bertz CT molecular complexity index is 777. The van der Waals surface area contributed by atoms with E-state index in [2.05, 4.69) is 0 Å². The van der Waals surface area contributed by atoms with Gasteiger partial charge in [-0.15, -0.1) is 0 Å². The number of carbonyl (C=O) groups is 1. The normalized spacial score (nSPS) is 10.7. The molecule has 0 aliphatic heterocycles. The molecule has 0 fully saturated rings. The molecule has 20 heavy (non-hydrogen) atoms. The third kappa shape index (κ3) is 2.30. The smallest absolute Gasteiger partial charge is 0.230 e. The largest absolute Gasteiger partial charge is 0.287 e. The molecule has 2 nitrogen and oxygen atoms in total. The fourth-order valence-corrected chi connectivity index (χ4v) is 2.29. The lowest BCUT2D eigenvalue weighted by molar-refractivity contribution is -0.657. The first-order valence-electron chi connectivity index (χ1n) is 6.40. The Labute approximate surface area is 116 Å². The molecule has 0 saturated heterocycles. The van der Waals surface area contributed by atoms with E-state index >= 15 is 0 Å². The van der Waals surface area contributed by atoms with E-state index in [1.807, 2.05) is 47.2 Å². The van der Waals surface area contributed by atoms with Gasteiger partial charge in [0, 0.05) is 17.5 Å². The molecule has 0 amide bonds. The summed E-state index contributed by atoms with van der Waals surface area (Å²) in [4.78, 5) is 12.2. The molecule has 3 rings (SSSR count). The molecule has 98 valence electrons. The molecule has 0 aliphatic rings. The summed E-state index contributed by atoms with van der Waals surface area (Å²) in [5, 5.41) is 1.05. The molecule has 0 unspecified atom stereocenters. The van der Waals surface area contributed by atoms with Gasteiger partial charge in [-0.25, -0.2) is 4.39 Å². The molecular formula is C17H13FNO+. The number of pyridine rings is 1. The minimum atomic E-state index is -0.474. The van der Waals surface area contributed by atoms with Crippen LogP contribution in [0.5, 0.6) is 0 Å². The second-order valence-electron chi connectivity index (χ2n) is 4.60. The number of hydrogen-bond acceptors (Lipinski definition) is 1. The van der Waals surface area contributed by atoms with Crippen LogP contribution in [-0.4, -0.2) is 5.78 Å². The summed E-state index contributed by atoms with van der Waals surface area (Å²) in [6.07, 6.45) is 1.83. The van der Waals surface area contributed by atoms with Crippen molar-refractivity contribution in [1.29, 1.82) is 0 Å². The summed E-state index contributed by atoms with van der Waals surface area (Å²) in [7, 11) is 0. The fourth-order valence-electron chi connectivity index (χ4n) is 2.29. The van der Waals surface area contributed by atoms with Crippen LogP contribution in [0.4, 0.5) is 4.39 Å². The summed E-state index contributed by atoms with van der Waals surface area (Å²) in [6, 6.07) is 17.8. The van der Waals surface area contributed by atoms with Crippen LogP contribution in [0.1, 0.15) is 10.4 Å². The van der Waals surface area contributed by atoms with Gasteiger partial charge in [-0.3, -0.25) is 4.79 Å². The molecule has 0 aliphatic carbocycles. The average molecular weight is 266 g/mol. The maximum atomic E-state index is 13.6. The number of carbonyl (C=O) groups excluding carboxylic acids is 1. The van der Waals surface area contributed by atoms with E-state index in [9.17, 15) is 9.18 Å². The Morgan fingerprint density at radius 1 is 0.950 bits per heavy atom. The van der Waals surface area contributed by atoms with Crippen molar-refractivity contribution >= 4 is 16.7 Å². The number of fused-ring (bicyclic) bond motifs is 1. The van der Waals surface area contributed by atoms with E-state index in [-0.39, 0.29) is 17.9 Å². The number of halogens is 1. The molecule has 0 atom stereocenters. The first-order chi connectivity index (χ1) is 9.75.